The molecular formula is C35H44N6O. The van der Waals surface area contributed by atoms with Crippen molar-refractivity contribution in [2.24, 2.45) is 0 Å². The topological polar surface area (TPSA) is 88.9 Å². The maximum absolute atomic E-state index is 13.6. The highest BCUT2D eigenvalue weighted by molar-refractivity contribution is 5.97. The minimum absolute atomic E-state index is 0.0797. The Morgan fingerprint density at radius 2 is 1.60 bits per heavy atom. The Morgan fingerprint density at radius 1 is 0.929 bits per heavy atom. The number of rotatable bonds is 4. The van der Waals surface area contributed by atoms with E-state index in [4.69, 9.17) is 10.2 Å². The fraction of sp³-hybridized carbons (Fsp3) is 0.429. The molecule has 0 unspecified atom stereocenters. The number of piperidine rings is 1. The van der Waals surface area contributed by atoms with E-state index in [0.29, 0.717) is 11.5 Å². The number of aromatic nitrogens is 3. The van der Waals surface area contributed by atoms with Gasteiger partial charge in [-0.1, -0.05) is 45.9 Å². The number of aryl methyl sites for hydroxylation is 2. The molecule has 1 amide bonds. The minimum atomic E-state index is 0.0797. The molecule has 1 N–H and O–H groups in total. The maximum atomic E-state index is 13.6. The second-order valence-corrected chi connectivity index (χ2v) is 10.6. The number of nitrogens with one attached hydrogen (secondary N) is 1. The summed E-state index contributed by atoms with van der Waals surface area (Å²) >= 11 is 0. The van der Waals surface area contributed by atoms with Gasteiger partial charge < -0.3 is 14.8 Å². The molecule has 2 aromatic heterocycles. The van der Waals surface area contributed by atoms with Crippen LogP contribution in [0.2, 0.25) is 0 Å². The molecule has 42 heavy (non-hydrogen) atoms. The third kappa shape index (κ3) is 6.49. The molecule has 0 atom stereocenters. The van der Waals surface area contributed by atoms with E-state index in [0.717, 1.165) is 84.0 Å². The molecule has 0 radical (unpaired) electrons. The Balaban J connectivity index is 0.000000972. The van der Waals surface area contributed by atoms with E-state index in [1.54, 1.807) is 0 Å². The summed E-state index contributed by atoms with van der Waals surface area (Å²) in [5.41, 5.74) is 7.49. The van der Waals surface area contributed by atoms with Crippen molar-refractivity contribution in [3.05, 3.63) is 76.5 Å². The van der Waals surface area contributed by atoms with Crippen LogP contribution in [0.25, 0.3) is 22.4 Å². The Hall–Kier alpha value is -4.18. The quantitative estimate of drug-likeness (QED) is 0.273. The van der Waals surface area contributed by atoms with Crippen LogP contribution in [0.1, 0.15) is 91.9 Å². The lowest BCUT2D eigenvalue weighted by Crippen LogP contribution is -2.38. The second-order valence-electron chi connectivity index (χ2n) is 10.6. The van der Waals surface area contributed by atoms with Crippen LogP contribution in [0.5, 0.6) is 0 Å². The first-order valence-electron chi connectivity index (χ1n) is 15.5. The van der Waals surface area contributed by atoms with Crippen LogP contribution >= 0.6 is 0 Å². The number of hydrogen-bond acceptors (Lipinski definition) is 5. The number of anilines is 1. The van der Waals surface area contributed by atoms with E-state index in [1.165, 1.54) is 18.4 Å². The van der Waals surface area contributed by atoms with Crippen molar-refractivity contribution >= 4 is 22.8 Å². The number of amides is 1. The smallest absolute Gasteiger partial charge is 0.254 e. The summed E-state index contributed by atoms with van der Waals surface area (Å²) in [6.45, 7) is 15.6. The van der Waals surface area contributed by atoms with E-state index in [-0.39, 0.29) is 5.91 Å². The predicted octanol–water partition coefficient (Wildman–Crippen LogP) is 7.79. The number of H-pyrrole nitrogens is 1. The maximum Gasteiger partial charge on any atom is 0.254 e. The van der Waals surface area contributed by atoms with Crippen LogP contribution in [-0.2, 0) is 0 Å². The van der Waals surface area contributed by atoms with E-state index in [9.17, 15) is 4.79 Å². The van der Waals surface area contributed by atoms with Gasteiger partial charge in [0, 0.05) is 43.4 Å². The van der Waals surface area contributed by atoms with E-state index in [1.807, 2.05) is 76.0 Å². The molecule has 0 aliphatic carbocycles. The molecule has 2 saturated heterocycles. The third-order valence-corrected chi connectivity index (χ3v) is 8.13. The van der Waals surface area contributed by atoms with Gasteiger partial charge in [-0.05, 0) is 80.3 Å². The Kier molecular flexibility index (Phi) is 10.4. The van der Waals surface area contributed by atoms with Gasteiger partial charge >= 0.3 is 0 Å². The van der Waals surface area contributed by atoms with Gasteiger partial charge in [-0.25, -0.2) is 9.97 Å². The fourth-order valence-electron chi connectivity index (χ4n) is 5.90. The molecule has 6 rings (SSSR count). The Labute approximate surface area is 250 Å². The molecule has 2 aliphatic rings. The number of benzene rings is 2. The standard InChI is InChI=1S/C31H32N6O.2C2H6/c1-20-15-21(2)26(31(38)37-13-9-24(10-14-37)23-7-5-22(18-32)6-8-23)16-25(20)30-34-27-17-29(33-19-28(27)35-30)36-11-3-4-12-36;2*1-2/h5-8,15-17,19,24H,3-4,9-14H2,1-2H3,(H,34,35);2*1-2H3. The van der Waals surface area contributed by atoms with Crippen LogP contribution in [0.15, 0.2) is 48.7 Å². The monoisotopic (exact) mass is 564 g/mol. The van der Waals surface area contributed by atoms with Crippen LogP contribution in [0.3, 0.4) is 0 Å². The highest BCUT2D eigenvalue weighted by atomic mass is 16.2. The lowest BCUT2D eigenvalue weighted by atomic mass is 9.88. The van der Waals surface area contributed by atoms with Crippen LogP contribution < -0.4 is 4.90 Å². The van der Waals surface area contributed by atoms with Crippen LogP contribution in [0.4, 0.5) is 5.82 Å². The molecular weight excluding hydrogens is 520 g/mol. The summed E-state index contributed by atoms with van der Waals surface area (Å²) in [5.74, 6) is 2.24. The van der Waals surface area contributed by atoms with E-state index < -0.39 is 0 Å². The molecule has 4 aromatic rings. The molecule has 7 heteroatoms. The van der Waals surface area contributed by atoms with Crippen molar-refractivity contribution < 1.29 is 4.79 Å². The molecule has 0 saturated carbocycles. The van der Waals surface area contributed by atoms with Crippen molar-refractivity contribution in [2.75, 3.05) is 31.1 Å². The number of imidazole rings is 1. The van der Waals surface area contributed by atoms with Crippen molar-refractivity contribution in [2.45, 2.75) is 73.1 Å². The number of hydrogen-bond donors (Lipinski definition) is 1. The highest BCUT2D eigenvalue weighted by Crippen LogP contribution is 2.32. The number of nitriles is 1. The second kappa shape index (κ2) is 14.1. The van der Waals surface area contributed by atoms with Gasteiger partial charge in [0.15, 0.2) is 0 Å². The van der Waals surface area contributed by atoms with Crippen molar-refractivity contribution in [1.29, 1.82) is 5.26 Å². The zero-order chi connectivity index (χ0) is 30.2. The van der Waals surface area contributed by atoms with Crippen LogP contribution in [0, 0.1) is 25.2 Å². The van der Waals surface area contributed by atoms with E-state index >= 15 is 0 Å². The fourth-order valence-corrected chi connectivity index (χ4v) is 5.90. The average molecular weight is 565 g/mol. The summed E-state index contributed by atoms with van der Waals surface area (Å²) in [6.07, 6.45) is 6.12. The summed E-state index contributed by atoms with van der Waals surface area (Å²) in [6, 6.07) is 16.2. The Morgan fingerprint density at radius 3 is 2.24 bits per heavy atom. The molecule has 0 spiro atoms. The number of aromatic amines is 1. The zero-order valence-corrected chi connectivity index (χ0v) is 26.0. The van der Waals surface area contributed by atoms with Gasteiger partial charge in [0.25, 0.3) is 5.91 Å². The molecule has 0 bridgehead atoms. The molecule has 2 aliphatic heterocycles. The largest absolute Gasteiger partial charge is 0.357 e. The highest BCUT2D eigenvalue weighted by Gasteiger charge is 2.26. The molecule has 2 fully saturated rings. The number of likely N-dealkylation sites (tertiary alicyclic amines) is 1. The number of pyridine rings is 1. The van der Waals surface area contributed by atoms with Crippen molar-refractivity contribution in [3.8, 4) is 17.5 Å². The van der Waals surface area contributed by atoms with Gasteiger partial charge in [-0.3, -0.25) is 4.79 Å². The predicted molar refractivity (Wildman–Crippen MR) is 172 cm³/mol. The van der Waals surface area contributed by atoms with Crippen LogP contribution in [-0.4, -0.2) is 51.9 Å². The molecule has 7 nitrogen and oxygen atoms in total. The number of fused-ring (bicyclic) bond motifs is 1. The first-order chi connectivity index (χ1) is 20.5. The molecule has 220 valence electrons. The van der Waals surface area contributed by atoms with Crippen molar-refractivity contribution in [1.82, 2.24) is 19.9 Å². The first-order valence-corrected chi connectivity index (χ1v) is 15.5. The normalized spacial score (nSPS) is 15.0. The average Bonchev–Trinajstić information content (AvgIpc) is 3.73. The summed E-state index contributed by atoms with van der Waals surface area (Å²) in [7, 11) is 0. The Bertz CT molecular complexity index is 1530. The first kappa shape index (κ1) is 30.8. The number of nitrogens with zero attached hydrogens (tertiary/aromatic N) is 5. The molecule has 2 aromatic carbocycles. The lowest BCUT2D eigenvalue weighted by Gasteiger charge is -2.32. The SMILES string of the molecule is CC.CC.Cc1cc(C)c(-c2nc3cc(N4CCCC4)ncc3[nH]2)cc1C(=O)N1CCC(c2ccc(C#N)cc2)CC1. The van der Waals surface area contributed by atoms with Gasteiger partial charge in [-0.2, -0.15) is 5.26 Å². The zero-order valence-electron chi connectivity index (χ0n) is 26.0. The van der Waals surface area contributed by atoms with Gasteiger partial charge in [-0.15, -0.1) is 0 Å². The van der Waals surface area contributed by atoms with E-state index in [2.05, 4.69) is 40.0 Å². The summed E-state index contributed by atoms with van der Waals surface area (Å²) in [5, 5.41) is 9.06. The minimum Gasteiger partial charge on any atom is -0.357 e. The number of carbonyl (C=O) groups is 1. The van der Waals surface area contributed by atoms with Gasteiger partial charge in [0.2, 0.25) is 0 Å². The molecule has 4 heterocycles. The van der Waals surface area contributed by atoms with Gasteiger partial charge in [0.1, 0.15) is 11.6 Å². The van der Waals surface area contributed by atoms with Gasteiger partial charge in [0.05, 0.1) is 28.9 Å². The third-order valence-electron chi connectivity index (χ3n) is 8.13. The van der Waals surface area contributed by atoms with Crippen molar-refractivity contribution in [3.63, 3.8) is 0 Å². The summed E-state index contributed by atoms with van der Waals surface area (Å²) in [4.78, 5) is 30.9. The lowest BCUT2D eigenvalue weighted by molar-refractivity contribution is 0.0712. The summed E-state index contributed by atoms with van der Waals surface area (Å²) < 4.78 is 0. The number of carbonyl (C=O) groups excluding carboxylic acids is 1.